The van der Waals surface area contributed by atoms with Crippen molar-refractivity contribution in [2.24, 2.45) is 15.9 Å². The number of carbonyl (C=O) groups is 5. The minimum atomic E-state index is -0.955. The van der Waals surface area contributed by atoms with E-state index in [-0.39, 0.29) is 55.6 Å². The zero-order valence-corrected chi connectivity index (χ0v) is 46.4. The summed E-state index contributed by atoms with van der Waals surface area (Å²) in [6, 6.07) is 36.0. The van der Waals surface area contributed by atoms with Crippen LogP contribution in [0.4, 0.5) is 21.9 Å². The first-order valence-electron chi connectivity index (χ1n) is 27.5. The predicted octanol–water partition coefficient (Wildman–Crippen LogP) is 10.8. The highest BCUT2D eigenvalue weighted by Gasteiger charge is 2.36. The fourth-order valence-electron chi connectivity index (χ4n) is 11.0. The molecule has 11 rings (SSSR count). The van der Waals surface area contributed by atoms with E-state index in [9.17, 15) is 24.0 Å². The standard InChI is InChI=1S/C65H63N7O10/c1-37(2)60(70-65(77)82-36-53-49-14-9-7-12-47(49)48-13-8-10-15-50(48)53)62(74)68-39(4)61(73)69-44-22-20-41(21-23-44)43-27-46-33-67-55-31-59(57(79-6)29-52(55)64(76)72(46)35-43)81-25-11-24-80-58-30-54-51(28-56(58)78-5)63(75)71-34-42(26-45(71)32-66-54)40-18-16-38(3)17-19-40/h7-10,12-23,28-35,37,39,45-46,53,60H,11,24-27,36H2,1-6H3,(H,68,74)(H,69,73)(H,70,77)/t39-,45-,46-,60-/m0/s1. The van der Waals surface area contributed by atoms with Crippen LogP contribution in [0, 0.1) is 12.8 Å². The van der Waals surface area contributed by atoms with Gasteiger partial charge in [-0.05, 0) is 88.6 Å². The summed E-state index contributed by atoms with van der Waals surface area (Å²) in [5.74, 6) is -0.144. The highest BCUT2D eigenvalue weighted by Crippen LogP contribution is 2.45. The molecule has 0 radical (unpaired) electrons. The number of nitrogens with one attached hydrogen (secondary N) is 3. The highest BCUT2D eigenvalue weighted by atomic mass is 16.5. The second-order valence-corrected chi connectivity index (χ2v) is 21.3. The van der Waals surface area contributed by atoms with Crippen molar-refractivity contribution in [3.05, 3.63) is 173 Å². The van der Waals surface area contributed by atoms with Gasteiger partial charge in [0, 0.05) is 67.8 Å². The van der Waals surface area contributed by atoms with E-state index in [4.69, 9.17) is 33.7 Å². The molecule has 4 heterocycles. The summed E-state index contributed by atoms with van der Waals surface area (Å²) in [6.07, 6.45) is 8.24. The molecule has 3 N–H and O–H groups in total. The Hall–Kier alpha value is -9.51. The quantitative estimate of drug-likeness (QED) is 0.0696. The molecule has 6 aromatic rings. The Morgan fingerprint density at radius 1 is 0.610 bits per heavy atom. The van der Waals surface area contributed by atoms with Crippen LogP contribution in [0.15, 0.2) is 144 Å². The van der Waals surface area contributed by atoms with E-state index in [0.29, 0.717) is 70.4 Å². The number of nitrogens with zero attached hydrogens (tertiary/aromatic N) is 4. The predicted molar refractivity (Wildman–Crippen MR) is 314 cm³/mol. The summed E-state index contributed by atoms with van der Waals surface area (Å²) >= 11 is 0. The first-order valence-corrected chi connectivity index (χ1v) is 27.5. The summed E-state index contributed by atoms with van der Waals surface area (Å²) in [5, 5.41) is 8.32. The summed E-state index contributed by atoms with van der Waals surface area (Å²) in [5.41, 5.74) is 11.7. The Morgan fingerprint density at radius 2 is 1.11 bits per heavy atom. The van der Waals surface area contributed by atoms with Gasteiger partial charge in [0.05, 0.1) is 62.0 Å². The average Bonchev–Trinajstić information content (AvgIpc) is 3.37. The Labute approximate surface area is 475 Å². The molecule has 0 aromatic heterocycles. The third-order valence-corrected chi connectivity index (χ3v) is 15.5. The van der Waals surface area contributed by atoms with E-state index in [1.54, 1.807) is 73.2 Å². The SMILES string of the molecule is COc1cc2c(cc1OCCCOc1cc3c(cc1OC)C(=O)N1C=C(c4ccc(NC(=O)[C@H](C)NC(=O)[C@@H](NC(=O)OCC5c6ccccc6-c6ccccc65)C(C)C)cc4)C[C@H]1C=N3)N=C[C@@H]1CC(c3ccc(C)cc3)=CN1C2=O. The Balaban J connectivity index is 0.656. The van der Waals surface area contributed by atoms with Gasteiger partial charge in [-0.3, -0.25) is 29.2 Å². The minimum absolute atomic E-state index is 0.101. The van der Waals surface area contributed by atoms with Crippen LogP contribution in [0.25, 0.3) is 22.3 Å². The van der Waals surface area contributed by atoms with Gasteiger partial charge < -0.3 is 49.4 Å². The van der Waals surface area contributed by atoms with Crippen LogP contribution in [0.1, 0.15) is 94.5 Å². The summed E-state index contributed by atoms with van der Waals surface area (Å²) in [4.78, 5) is 80.9. The topological polar surface area (TPSA) is 199 Å². The number of aryl methyl sites for hydroxylation is 1. The fourth-order valence-corrected chi connectivity index (χ4v) is 11.0. The van der Waals surface area contributed by atoms with Gasteiger partial charge in [-0.25, -0.2) is 4.79 Å². The second kappa shape index (κ2) is 23.3. The Kier molecular flexibility index (Phi) is 15.5. The third kappa shape index (κ3) is 11.1. The highest BCUT2D eigenvalue weighted by molar-refractivity contribution is 6.07. The molecule has 0 saturated heterocycles. The van der Waals surface area contributed by atoms with Crippen molar-refractivity contribution in [2.45, 2.75) is 77.0 Å². The molecule has 0 saturated carbocycles. The van der Waals surface area contributed by atoms with Crippen LogP contribution < -0.4 is 34.9 Å². The van der Waals surface area contributed by atoms with E-state index in [1.165, 1.54) is 19.8 Å². The lowest BCUT2D eigenvalue weighted by atomic mass is 9.98. The number of aliphatic imine (C=N–C) groups is 2. The maximum absolute atomic E-state index is 14.2. The lowest BCUT2D eigenvalue weighted by Crippen LogP contribution is -2.53. The van der Waals surface area contributed by atoms with E-state index in [2.05, 4.69) is 52.3 Å². The van der Waals surface area contributed by atoms with Crippen LogP contribution >= 0.6 is 0 Å². The van der Waals surface area contributed by atoms with Gasteiger partial charge in [0.25, 0.3) is 11.8 Å². The first kappa shape index (κ1) is 54.4. The van der Waals surface area contributed by atoms with Gasteiger partial charge in [0.1, 0.15) is 18.7 Å². The smallest absolute Gasteiger partial charge is 0.407 e. The lowest BCUT2D eigenvalue weighted by molar-refractivity contribution is -0.128. The number of rotatable bonds is 18. The second-order valence-electron chi connectivity index (χ2n) is 21.3. The van der Waals surface area contributed by atoms with Crippen molar-refractivity contribution in [1.82, 2.24) is 20.4 Å². The fraction of sp³-hybridized carbons (Fsp3) is 0.277. The van der Waals surface area contributed by atoms with Crippen molar-refractivity contribution in [1.29, 1.82) is 0 Å². The summed E-state index contributed by atoms with van der Waals surface area (Å²) in [6.45, 7) is 7.86. The summed E-state index contributed by atoms with van der Waals surface area (Å²) < 4.78 is 29.4. The molecule has 1 aliphatic carbocycles. The molecule has 5 amide bonds. The number of hydrogen-bond donors (Lipinski definition) is 3. The van der Waals surface area contributed by atoms with Crippen molar-refractivity contribution in [3.8, 4) is 34.1 Å². The lowest BCUT2D eigenvalue weighted by Gasteiger charge is -2.24. The molecular weight excluding hydrogens is 1040 g/mol. The van der Waals surface area contributed by atoms with Gasteiger partial charge >= 0.3 is 6.09 Å². The third-order valence-electron chi connectivity index (χ3n) is 15.5. The Bertz CT molecular complexity index is 3580. The molecule has 4 atom stereocenters. The number of ether oxygens (including phenoxy) is 5. The van der Waals surface area contributed by atoms with Crippen molar-refractivity contribution >= 4 is 70.4 Å². The average molecular weight is 1100 g/mol. The monoisotopic (exact) mass is 1100 g/mol. The van der Waals surface area contributed by atoms with Crippen LogP contribution in [0.5, 0.6) is 23.0 Å². The van der Waals surface area contributed by atoms with Crippen LogP contribution in [0.2, 0.25) is 0 Å². The molecule has 82 heavy (non-hydrogen) atoms. The van der Waals surface area contributed by atoms with E-state index >= 15 is 0 Å². The van der Waals surface area contributed by atoms with Crippen LogP contribution in [0.3, 0.4) is 0 Å². The Morgan fingerprint density at radius 3 is 1.61 bits per heavy atom. The molecular formula is C65H63N7O10. The molecule has 418 valence electrons. The number of benzene rings is 6. The largest absolute Gasteiger partial charge is 0.493 e. The summed E-state index contributed by atoms with van der Waals surface area (Å²) in [7, 11) is 3.05. The number of anilines is 1. The number of alkyl carbamates (subject to hydrolysis) is 1. The van der Waals surface area contributed by atoms with Gasteiger partial charge in [-0.1, -0.05) is 104 Å². The van der Waals surface area contributed by atoms with Gasteiger partial charge in [0.15, 0.2) is 23.0 Å². The van der Waals surface area contributed by atoms with Crippen molar-refractivity contribution in [3.63, 3.8) is 0 Å². The number of carbonyl (C=O) groups excluding carboxylic acids is 5. The minimum Gasteiger partial charge on any atom is -0.493 e. The van der Waals surface area contributed by atoms with Gasteiger partial charge in [-0.2, -0.15) is 0 Å². The molecule has 0 fully saturated rings. The molecule has 17 nitrogen and oxygen atoms in total. The van der Waals surface area contributed by atoms with Gasteiger partial charge in [0.2, 0.25) is 11.8 Å². The maximum atomic E-state index is 14.2. The molecule has 4 aliphatic heterocycles. The van der Waals surface area contributed by atoms with E-state index < -0.39 is 30.0 Å². The molecule has 0 spiro atoms. The molecule has 17 heteroatoms. The molecule has 6 aromatic carbocycles. The first-order chi connectivity index (χ1) is 39.7. The molecule has 5 aliphatic rings. The zero-order chi connectivity index (χ0) is 57.2. The van der Waals surface area contributed by atoms with Crippen LogP contribution in [-0.2, 0) is 14.3 Å². The maximum Gasteiger partial charge on any atom is 0.407 e. The van der Waals surface area contributed by atoms with Crippen LogP contribution in [-0.4, -0.2) is 110 Å². The molecule has 0 unspecified atom stereocenters. The normalized spacial score (nSPS) is 17.2. The number of fused-ring (bicyclic) bond motifs is 7. The van der Waals surface area contributed by atoms with E-state index in [0.717, 1.165) is 44.5 Å². The zero-order valence-electron chi connectivity index (χ0n) is 46.4. The van der Waals surface area contributed by atoms with Gasteiger partial charge in [-0.15, -0.1) is 0 Å². The van der Waals surface area contributed by atoms with Crippen molar-refractivity contribution < 1.29 is 47.7 Å². The number of amides is 5. The number of methoxy groups -OCH3 is 2. The van der Waals surface area contributed by atoms with Crippen molar-refractivity contribution in [2.75, 3.05) is 39.4 Å². The molecule has 0 bridgehead atoms. The number of hydrogen-bond acceptors (Lipinski definition) is 12. The van der Waals surface area contributed by atoms with E-state index in [1.807, 2.05) is 74.1 Å².